The molecule has 1 aliphatic rings. The van der Waals surface area contributed by atoms with Crippen molar-refractivity contribution in [2.45, 2.75) is 38.8 Å². The molecule has 1 atom stereocenters. The van der Waals surface area contributed by atoms with E-state index in [1.807, 2.05) is 6.20 Å². The summed E-state index contributed by atoms with van der Waals surface area (Å²) in [4.78, 5) is 7.04. The molecule has 1 aromatic heterocycles. The number of hydrogen-bond donors (Lipinski definition) is 1. The Hall–Kier alpha value is -1.45. The Morgan fingerprint density at radius 2 is 2.19 bits per heavy atom. The highest BCUT2D eigenvalue weighted by Crippen LogP contribution is 2.20. The third-order valence-corrected chi connectivity index (χ3v) is 4.32. The van der Waals surface area contributed by atoms with Crippen LogP contribution in [0.5, 0.6) is 0 Å². The van der Waals surface area contributed by atoms with E-state index in [1.54, 1.807) is 0 Å². The van der Waals surface area contributed by atoms with Crippen molar-refractivity contribution in [1.29, 1.82) is 0 Å². The summed E-state index contributed by atoms with van der Waals surface area (Å²) in [5.74, 6) is 0. The highest BCUT2D eigenvalue weighted by atomic mass is 15.2. The van der Waals surface area contributed by atoms with Crippen molar-refractivity contribution in [2.24, 2.45) is 0 Å². The van der Waals surface area contributed by atoms with Crippen LogP contribution < -0.4 is 5.32 Å². The summed E-state index contributed by atoms with van der Waals surface area (Å²) in [6.45, 7) is 6.78. The number of rotatable bonds is 5. The third-order valence-electron chi connectivity index (χ3n) is 4.32. The van der Waals surface area contributed by atoms with E-state index in [9.17, 15) is 0 Å². The van der Waals surface area contributed by atoms with Crippen LogP contribution in [0.25, 0.3) is 10.9 Å². The molecule has 1 aromatic carbocycles. The van der Waals surface area contributed by atoms with Gasteiger partial charge in [0.2, 0.25) is 0 Å². The lowest BCUT2D eigenvalue weighted by Gasteiger charge is -2.33. The van der Waals surface area contributed by atoms with Gasteiger partial charge in [-0.1, -0.05) is 25.1 Å². The Balaban J connectivity index is 1.70. The largest absolute Gasteiger partial charge is 0.313 e. The number of para-hydroxylation sites is 1. The first-order valence-electron chi connectivity index (χ1n) is 8.15. The fourth-order valence-electron chi connectivity index (χ4n) is 3.25. The Labute approximate surface area is 127 Å². The molecule has 1 aliphatic heterocycles. The Morgan fingerprint density at radius 3 is 3.10 bits per heavy atom. The van der Waals surface area contributed by atoms with Gasteiger partial charge >= 0.3 is 0 Å². The summed E-state index contributed by atoms with van der Waals surface area (Å²) < 4.78 is 0. The lowest BCUT2D eigenvalue weighted by molar-refractivity contribution is 0.184. The van der Waals surface area contributed by atoms with Crippen molar-refractivity contribution in [3.8, 4) is 0 Å². The number of benzene rings is 1. The van der Waals surface area contributed by atoms with Gasteiger partial charge in [-0.15, -0.1) is 0 Å². The van der Waals surface area contributed by atoms with Gasteiger partial charge in [0.1, 0.15) is 0 Å². The van der Waals surface area contributed by atoms with Gasteiger partial charge in [-0.3, -0.25) is 9.88 Å². The average molecular weight is 283 g/mol. The third kappa shape index (κ3) is 3.60. The van der Waals surface area contributed by atoms with E-state index in [1.165, 1.54) is 36.8 Å². The first kappa shape index (κ1) is 14.5. The number of nitrogens with one attached hydrogen (secondary N) is 1. The second-order valence-corrected chi connectivity index (χ2v) is 6.02. The number of pyridine rings is 1. The molecule has 0 aliphatic carbocycles. The summed E-state index contributed by atoms with van der Waals surface area (Å²) in [5, 5.41) is 4.97. The van der Waals surface area contributed by atoms with E-state index in [0.717, 1.165) is 25.2 Å². The molecule has 21 heavy (non-hydrogen) atoms. The molecule has 0 spiro atoms. The van der Waals surface area contributed by atoms with Gasteiger partial charge in [0.25, 0.3) is 0 Å². The van der Waals surface area contributed by atoms with Crippen LogP contribution in [0, 0.1) is 0 Å². The predicted molar refractivity (Wildman–Crippen MR) is 88.3 cm³/mol. The monoisotopic (exact) mass is 283 g/mol. The van der Waals surface area contributed by atoms with Gasteiger partial charge < -0.3 is 5.32 Å². The van der Waals surface area contributed by atoms with Crippen molar-refractivity contribution in [1.82, 2.24) is 15.2 Å². The van der Waals surface area contributed by atoms with Crippen molar-refractivity contribution in [2.75, 3.05) is 19.6 Å². The molecular formula is C18H25N3. The van der Waals surface area contributed by atoms with Crippen molar-refractivity contribution >= 4 is 10.9 Å². The average Bonchev–Trinajstić information content (AvgIpc) is 2.54. The Kier molecular flexibility index (Phi) is 4.84. The molecule has 3 heteroatoms. The minimum atomic E-state index is 0.659. The fraction of sp³-hybridized carbons (Fsp3) is 0.500. The molecule has 0 radical (unpaired) electrons. The van der Waals surface area contributed by atoms with Gasteiger partial charge in [-0.25, -0.2) is 0 Å². The minimum Gasteiger partial charge on any atom is -0.313 e. The number of piperidine rings is 1. The zero-order valence-corrected chi connectivity index (χ0v) is 12.9. The quantitative estimate of drug-likeness (QED) is 0.913. The van der Waals surface area contributed by atoms with Crippen molar-refractivity contribution in [3.05, 3.63) is 42.1 Å². The first-order chi connectivity index (χ1) is 10.4. The normalized spacial score (nSPS) is 20.0. The SMILES string of the molecule is CCCNC1CCCN(Cc2ccnc3ccccc23)C1. The molecule has 0 amide bonds. The van der Waals surface area contributed by atoms with Crippen molar-refractivity contribution < 1.29 is 0 Å². The molecule has 2 heterocycles. The molecule has 1 saturated heterocycles. The summed E-state index contributed by atoms with van der Waals surface area (Å²) in [6.07, 6.45) is 5.76. The summed E-state index contributed by atoms with van der Waals surface area (Å²) in [6, 6.07) is 11.3. The molecule has 2 aromatic rings. The number of fused-ring (bicyclic) bond motifs is 1. The molecule has 3 nitrogen and oxygen atoms in total. The zero-order valence-electron chi connectivity index (χ0n) is 12.9. The van der Waals surface area contributed by atoms with Gasteiger partial charge in [-0.2, -0.15) is 0 Å². The second kappa shape index (κ2) is 7.01. The maximum absolute atomic E-state index is 4.46. The smallest absolute Gasteiger partial charge is 0.0705 e. The van der Waals surface area contributed by atoms with E-state index in [2.05, 4.69) is 52.5 Å². The highest BCUT2D eigenvalue weighted by Gasteiger charge is 2.19. The predicted octanol–water partition coefficient (Wildman–Crippen LogP) is 3.20. The molecule has 3 rings (SSSR count). The highest BCUT2D eigenvalue weighted by molar-refractivity contribution is 5.81. The van der Waals surface area contributed by atoms with E-state index in [-0.39, 0.29) is 0 Å². The number of hydrogen-bond acceptors (Lipinski definition) is 3. The lowest BCUT2D eigenvalue weighted by Crippen LogP contribution is -2.45. The Morgan fingerprint density at radius 1 is 1.29 bits per heavy atom. The van der Waals surface area contributed by atoms with Crippen LogP contribution in [-0.4, -0.2) is 35.6 Å². The first-order valence-corrected chi connectivity index (χ1v) is 8.15. The van der Waals surface area contributed by atoms with Gasteiger partial charge in [0.15, 0.2) is 0 Å². The number of likely N-dealkylation sites (tertiary alicyclic amines) is 1. The lowest BCUT2D eigenvalue weighted by atomic mass is 10.0. The number of aromatic nitrogens is 1. The van der Waals surface area contributed by atoms with Crippen LogP contribution >= 0.6 is 0 Å². The molecule has 0 saturated carbocycles. The Bertz CT molecular complexity index is 576. The van der Waals surface area contributed by atoms with Crippen LogP contribution in [-0.2, 0) is 6.54 Å². The van der Waals surface area contributed by atoms with Gasteiger partial charge in [0.05, 0.1) is 5.52 Å². The molecule has 1 fully saturated rings. The van der Waals surface area contributed by atoms with E-state index in [0.29, 0.717) is 6.04 Å². The second-order valence-electron chi connectivity index (χ2n) is 6.02. The van der Waals surface area contributed by atoms with Crippen molar-refractivity contribution in [3.63, 3.8) is 0 Å². The maximum atomic E-state index is 4.46. The summed E-state index contributed by atoms with van der Waals surface area (Å²) in [7, 11) is 0. The topological polar surface area (TPSA) is 28.2 Å². The molecular weight excluding hydrogens is 258 g/mol. The van der Waals surface area contributed by atoms with Crippen LogP contribution in [0.2, 0.25) is 0 Å². The molecule has 0 bridgehead atoms. The number of nitrogens with zero attached hydrogens (tertiary/aromatic N) is 2. The summed E-state index contributed by atoms with van der Waals surface area (Å²) >= 11 is 0. The fourth-order valence-corrected chi connectivity index (χ4v) is 3.25. The molecule has 112 valence electrons. The van der Waals surface area contributed by atoms with E-state index < -0.39 is 0 Å². The maximum Gasteiger partial charge on any atom is 0.0705 e. The summed E-state index contributed by atoms with van der Waals surface area (Å²) in [5.41, 5.74) is 2.50. The molecule has 1 unspecified atom stereocenters. The van der Waals surface area contributed by atoms with E-state index >= 15 is 0 Å². The van der Waals surface area contributed by atoms with Crippen LogP contribution in [0.3, 0.4) is 0 Å². The van der Waals surface area contributed by atoms with Crippen LogP contribution in [0.15, 0.2) is 36.5 Å². The van der Waals surface area contributed by atoms with Gasteiger partial charge in [0, 0.05) is 30.7 Å². The van der Waals surface area contributed by atoms with E-state index in [4.69, 9.17) is 0 Å². The standard InChI is InChI=1S/C18H25N3/c1-2-10-19-16-6-5-12-21(14-16)13-15-9-11-20-18-8-4-3-7-17(15)18/h3-4,7-9,11,16,19H,2,5-6,10,12-14H2,1H3. The minimum absolute atomic E-state index is 0.659. The molecule has 1 N–H and O–H groups in total. The van der Waals surface area contributed by atoms with Gasteiger partial charge in [-0.05, 0) is 50.0 Å². The zero-order chi connectivity index (χ0) is 14.5. The van der Waals surface area contributed by atoms with Crippen LogP contribution in [0.4, 0.5) is 0 Å². The van der Waals surface area contributed by atoms with Crippen LogP contribution in [0.1, 0.15) is 31.7 Å².